The molecule has 1 rings (SSSR count). The molecule has 0 aromatic rings. The highest BCUT2D eigenvalue weighted by atomic mass is 32.2. The summed E-state index contributed by atoms with van der Waals surface area (Å²) in [7, 11) is -4.01. The number of hydrogen-bond acceptors (Lipinski definition) is 8. The Labute approximate surface area is 177 Å². The molecule has 0 unspecified atom stereocenters. The molecular formula is C19H33NO9S. The summed E-state index contributed by atoms with van der Waals surface area (Å²) in [5.74, 6) is -3.19. The van der Waals surface area contributed by atoms with Gasteiger partial charge in [0.25, 0.3) is 10.1 Å². The number of carbonyl (C=O) groups is 3. The third-order valence-corrected chi connectivity index (χ3v) is 6.65. The van der Waals surface area contributed by atoms with Crippen LogP contribution in [0.25, 0.3) is 0 Å². The molecule has 1 saturated carbocycles. The van der Waals surface area contributed by atoms with Crippen molar-refractivity contribution in [2.45, 2.75) is 64.9 Å². The zero-order valence-electron chi connectivity index (χ0n) is 17.8. The van der Waals surface area contributed by atoms with Gasteiger partial charge < -0.3 is 20.3 Å². The van der Waals surface area contributed by atoms with E-state index in [2.05, 4.69) is 5.32 Å². The van der Waals surface area contributed by atoms with Gasteiger partial charge in [-0.05, 0) is 19.3 Å². The van der Waals surface area contributed by atoms with Crippen molar-refractivity contribution >= 4 is 28.0 Å². The lowest BCUT2D eigenvalue weighted by atomic mass is 9.76. The minimum Gasteiger partial charge on any atom is -0.479 e. The van der Waals surface area contributed by atoms with Crippen molar-refractivity contribution in [1.82, 2.24) is 5.32 Å². The fraction of sp³-hybridized carbons (Fsp3) is 0.842. The number of ether oxygens (including phenoxy) is 1. The van der Waals surface area contributed by atoms with E-state index in [1.165, 1.54) is 20.8 Å². The topological polar surface area (TPSA) is 156 Å². The van der Waals surface area contributed by atoms with Crippen LogP contribution in [0.1, 0.15) is 59.3 Å². The first-order chi connectivity index (χ1) is 13.8. The third kappa shape index (κ3) is 7.84. The lowest BCUT2D eigenvalue weighted by Crippen LogP contribution is -2.57. The Bertz CT molecular complexity index is 714. The molecule has 1 atom stereocenters. The lowest BCUT2D eigenvalue weighted by molar-refractivity contribution is -0.191. The summed E-state index contributed by atoms with van der Waals surface area (Å²) in [5, 5.41) is 22.8. The summed E-state index contributed by atoms with van der Waals surface area (Å²) >= 11 is 0. The van der Waals surface area contributed by atoms with E-state index in [9.17, 15) is 33.0 Å². The number of hydrogen-bond donors (Lipinski definition) is 3. The van der Waals surface area contributed by atoms with E-state index in [-0.39, 0.29) is 30.5 Å². The van der Waals surface area contributed by atoms with Gasteiger partial charge in [0.15, 0.2) is 0 Å². The molecule has 174 valence electrons. The molecule has 1 aliphatic carbocycles. The van der Waals surface area contributed by atoms with Crippen LogP contribution in [0.5, 0.6) is 0 Å². The molecule has 30 heavy (non-hydrogen) atoms. The first-order valence-corrected chi connectivity index (χ1v) is 11.6. The van der Waals surface area contributed by atoms with Gasteiger partial charge in [0, 0.05) is 18.9 Å². The maximum atomic E-state index is 12.2. The van der Waals surface area contributed by atoms with E-state index in [1.807, 2.05) is 0 Å². The van der Waals surface area contributed by atoms with Crippen molar-refractivity contribution in [2.24, 2.45) is 11.3 Å². The average Bonchev–Trinajstić information content (AvgIpc) is 2.68. The normalized spacial score (nSPS) is 17.7. The van der Waals surface area contributed by atoms with Gasteiger partial charge in [-0.3, -0.25) is 13.8 Å². The van der Waals surface area contributed by atoms with Crippen molar-refractivity contribution in [3.8, 4) is 0 Å². The number of rotatable bonds is 12. The van der Waals surface area contributed by atoms with Gasteiger partial charge >= 0.3 is 11.9 Å². The molecule has 10 nitrogen and oxygen atoms in total. The second-order valence-corrected chi connectivity index (χ2v) is 10.1. The summed E-state index contributed by atoms with van der Waals surface area (Å²) < 4.78 is 34.1. The quantitative estimate of drug-likeness (QED) is 0.222. The Hall–Kier alpha value is -1.72. The molecule has 0 heterocycles. The molecule has 0 spiro atoms. The van der Waals surface area contributed by atoms with E-state index in [4.69, 9.17) is 8.92 Å². The van der Waals surface area contributed by atoms with E-state index >= 15 is 0 Å². The van der Waals surface area contributed by atoms with Crippen LogP contribution >= 0.6 is 0 Å². The predicted molar refractivity (Wildman–Crippen MR) is 107 cm³/mol. The number of carboxylic acid groups (broad SMARTS) is 1. The van der Waals surface area contributed by atoms with E-state index in [1.54, 1.807) is 0 Å². The maximum Gasteiger partial charge on any atom is 0.339 e. The van der Waals surface area contributed by atoms with Crippen molar-refractivity contribution in [3.05, 3.63) is 0 Å². The molecular weight excluding hydrogens is 418 g/mol. The van der Waals surface area contributed by atoms with Gasteiger partial charge in [-0.15, -0.1) is 0 Å². The molecule has 1 fully saturated rings. The molecule has 0 aromatic carbocycles. The van der Waals surface area contributed by atoms with Crippen LogP contribution in [-0.4, -0.2) is 67.6 Å². The zero-order chi connectivity index (χ0) is 23.0. The zero-order valence-corrected chi connectivity index (χ0v) is 18.6. The number of carbonyl (C=O) groups excluding carboxylic acids is 2. The highest BCUT2D eigenvalue weighted by Gasteiger charge is 2.52. The maximum absolute atomic E-state index is 12.2. The average molecular weight is 452 g/mol. The van der Waals surface area contributed by atoms with Crippen LogP contribution in [0.15, 0.2) is 0 Å². The van der Waals surface area contributed by atoms with Gasteiger partial charge in [-0.1, -0.05) is 33.1 Å². The molecule has 0 aromatic heterocycles. The Morgan fingerprint density at radius 2 is 1.70 bits per heavy atom. The molecule has 0 radical (unpaired) electrons. The summed E-state index contributed by atoms with van der Waals surface area (Å²) in [6.07, 6.45) is 4.25. The minimum atomic E-state index is -4.01. The van der Waals surface area contributed by atoms with E-state index in [0.717, 1.165) is 19.3 Å². The van der Waals surface area contributed by atoms with Gasteiger partial charge in [0.05, 0.1) is 18.3 Å². The first kappa shape index (κ1) is 26.3. The van der Waals surface area contributed by atoms with Crippen LogP contribution in [0.2, 0.25) is 0 Å². The standard InChI is InChI=1S/C19H33NO9S/c1-14(21)20-10-7-11-30(26,27)29-12-18(2,3)19(25,17(23)24)13-28-16(22)15-8-5-4-6-9-15/h15,25H,4-13H2,1-3H3,(H,20,21)(H,23,24)/t19-/m1/s1. The Morgan fingerprint density at radius 1 is 1.10 bits per heavy atom. The molecule has 0 saturated heterocycles. The number of aliphatic hydroxyl groups is 1. The molecule has 0 aliphatic heterocycles. The second-order valence-electron chi connectivity index (χ2n) is 8.35. The predicted octanol–water partition coefficient (Wildman–Crippen LogP) is 0.824. The number of nitrogens with one attached hydrogen (secondary N) is 1. The van der Waals surface area contributed by atoms with Crippen molar-refractivity contribution in [2.75, 3.05) is 25.5 Å². The largest absolute Gasteiger partial charge is 0.479 e. The van der Waals surface area contributed by atoms with Crippen molar-refractivity contribution in [3.63, 3.8) is 0 Å². The van der Waals surface area contributed by atoms with Crippen molar-refractivity contribution in [1.29, 1.82) is 0 Å². The van der Waals surface area contributed by atoms with E-state index < -0.39 is 46.3 Å². The summed E-state index contributed by atoms with van der Waals surface area (Å²) in [6, 6.07) is 0. The number of amides is 1. The minimum absolute atomic E-state index is 0.116. The van der Waals surface area contributed by atoms with Crippen LogP contribution in [-0.2, 0) is 33.4 Å². The van der Waals surface area contributed by atoms with Crippen molar-refractivity contribution < 1.29 is 41.9 Å². The number of aliphatic carboxylic acids is 1. The fourth-order valence-corrected chi connectivity index (χ4v) is 4.20. The molecule has 1 aliphatic rings. The molecule has 0 bridgehead atoms. The second kappa shape index (κ2) is 11.1. The molecule has 3 N–H and O–H groups in total. The van der Waals surface area contributed by atoms with Crippen LogP contribution in [0, 0.1) is 11.3 Å². The van der Waals surface area contributed by atoms with Gasteiger partial charge in [-0.25, -0.2) is 4.79 Å². The monoisotopic (exact) mass is 451 g/mol. The highest BCUT2D eigenvalue weighted by Crippen LogP contribution is 2.34. The lowest BCUT2D eigenvalue weighted by Gasteiger charge is -2.38. The Kier molecular flexibility index (Phi) is 9.70. The molecule has 1 amide bonds. The van der Waals surface area contributed by atoms with Crippen LogP contribution in [0.3, 0.4) is 0 Å². The van der Waals surface area contributed by atoms with Gasteiger partial charge in [0.1, 0.15) is 6.61 Å². The van der Waals surface area contributed by atoms with E-state index in [0.29, 0.717) is 12.8 Å². The Balaban J connectivity index is 2.69. The molecule has 11 heteroatoms. The smallest absolute Gasteiger partial charge is 0.339 e. The third-order valence-electron chi connectivity index (χ3n) is 5.38. The summed E-state index contributed by atoms with van der Waals surface area (Å²) in [6.45, 7) is 2.67. The SMILES string of the molecule is CC(=O)NCCCS(=O)(=O)OCC(C)(C)[C@@](O)(COC(=O)C1CCCCC1)C(=O)O. The van der Waals surface area contributed by atoms with Gasteiger partial charge in [0.2, 0.25) is 11.5 Å². The fourth-order valence-electron chi connectivity index (χ4n) is 3.11. The summed E-state index contributed by atoms with van der Waals surface area (Å²) in [5.41, 5.74) is -4.13. The number of carboxylic acids is 1. The number of esters is 1. The van der Waals surface area contributed by atoms with Crippen LogP contribution < -0.4 is 5.32 Å². The van der Waals surface area contributed by atoms with Crippen LogP contribution in [0.4, 0.5) is 0 Å². The van der Waals surface area contributed by atoms with Gasteiger partial charge in [-0.2, -0.15) is 8.42 Å². The summed E-state index contributed by atoms with van der Waals surface area (Å²) in [4.78, 5) is 34.8. The highest BCUT2D eigenvalue weighted by molar-refractivity contribution is 7.86. The first-order valence-electron chi connectivity index (χ1n) is 10.0. The Morgan fingerprint density at radius 3 is 2.23 bits per heavy atom.